The topological polar surface area (TPSA) is 38.7 Å². The molecular formula is C17H12BrNO2. The summed E-state index contributed by atoms with van der Waals surface area (Å²) in [6.45, 7) is 2.02. The molecule has 0 radical (unpaired) electrons. The largest absolute Gasteiger partial charge is 0.402 e. The SMILES string of the molecule is Cc1ccc(/C=C2\N=C(c3ccc(Br)cc3)OC2=O)cc1. The van der Waals surface area contributed by atoms with Gasteiger partial charge in [-0.25, -0.2) is 9.79 Å². The van der Waals surface area contributed by atoms with Crippen LogP contribution in [-0.4, -0.2) is 11.9 Å². The van der Waals surface area contributed by atoms with Gasteiger partial charge in [0.2, 0.25) is 5.90 Å². The van der Waals surface area contributed by atoms with Crippen molar-refractivity contribution in [1.29, 1.82) is 0 Å². The number of hydrogen-bond donors (Lipinski definition) is 0. The Labute approximate surface area is 131 Å². The van der Waals surface area contributed by atoms with Crippen molar-refractivity contribution >= 4 is 33.9 Å². The summed E-state index contributed by atoms with van der Waals surface area (Å²) in [5, 5.41) is 0. The van der Waals surface area contributed by atoms with Crippen molar-refractivity contribution in [1.82, 2.24) is 0 Å². The van der Waals surface area contributed by atoms with Gasteiger partial charge >= 0.3 is 5.97 Å². The molecule has 2 aromatic rings. The van der Waals surface area contributed by atoms with Gasteiger partial charge in [-0.3, -0.25) is 0 Å². The van der Waals surface area contributed by atoms with E-state index in [1.165, 1.54) is 5.56 Å². The van der Waals surface area contributed by atoms with Crippen LogP contribution in [0, 0.1) is 6.92 Å². The normalized spacial score (nSPS) is 16.0. The molecule has 0 aromatic heterocycles. The molecule has 0 spiro atoms. The summed E-state index contributed by atoms with van der Waals surface area (Å²) in [5.41, 5.74) is 3.19. The summed E-state index contributed by atoms with van der Waals surface area (Å²) < 4.78 is 6.19. The third-order valence-corrected chi connectivity index (χ3v) is 3.62. The molecule has 0 saturated heterocycles. The van der Waals surface area contributed by atoms with Gasteiger partial charge in [0, 0.05) is 10.0 Å². The molecule has 0 unspecified atom stereocenters. The van der Waals surface area contributed by atoms with Crippen LogP contribution < -0.4 is 0 Å². The second kappa shape index (κ2) is 5.66. The zero-order valence-corrected chi connectivity index (χ0v) is 12.9. The van der Waals surface area contributed by atoms with Crippen LogP contribution in [0.25, 0.3) is 6.08 Å². The lowest BCUT2D eigenvalue weighted by molar-refractivity contribution is -0.129. The van der Waals surface area contributed by atoms with E-state index < -0.39 is 5.97 Å². The quantitative estimate of drug-likeness (QED) is 0.609. The van der Waals surface area contributed by atoms with Gasteiger partial charge in [-0.15, -0.1) is 0 Å². The Bertz CT molecular complexity index is 743. The monoisotopic (exact) mass is 341 g/mol. The summed E-state index contributed by atoms with van der Waals surface area (Å²) in [6.07, 6.45) is 1.73. The van der Waals surface area contributed by atoms with Crippen molar-refractivity contribution in [3.8, 4) is 0 Å². The number of carbonyl (C=O) groups is 1. The summed E-state index contributed by atoms with van der Waals surface area (Å²) in [4.78, 5) is 16.2. The summed E-state index contributed by atoms with van der Waals surface area (Å²) >= 11 is 3.37. The van der Waals surface area contributed by atoms with Crippen LogP contribution in [0.2, 0.25) is 0 Å². The fourth-order valence-electron chi connectivity index (χ4n) is 1.95. The van der Waals surface area contributed by atoms with Gasteiger partial charge in [0.15, 0.2) is 5.70 Å². The molecule has 1 aliphatic rings. The molecule has 1 aliphatic heterocycles. The predicted molar refractivity (Wildman–Crippen MR) is 85.9 cm³/mol. The minimum absolute atomic E-state index is 0.316. The van der Waals surface area contributed by atoms with Crippen molar-refractivity contribution in [3.63, 3.8) is 0 Å². The fraction of sp³-hybridized carbons (Fsp3) is 0.0588. The van der Waals surface area contributed by atoms with E-state index in [9.17, 15) is 4.79 Å². The lowest BCUT2D eigenvalue weighted by Gasteiger charge is -1.98. The molecule has 0 N–H and O–H groups in total. The molecule has 0 amide bonds. The molecule has 0 aliphatic carbocycles. The highest BCUT2D eigenvalue weighted by Crippen LogP contribution is 2.20. The predicted octanol–water partition coefficient (Wildman–Crippen LogP) is 4.10. The Kier molecular flexibility index (Phi) is 3.71. The van der Waals surface area contributed by atoms with E-state index in [1.54, 1.807) is 6.08 Å². The highest BCUT2D eigenvalue weighted by molar-refractivity contribution is 9.10. The number of rotatable bonds is 2. The number of benzene rings is 2. The first-order chi connectivity index (χ1) is 10.1. The van der Waals surface area contributed by atoms with Gasteiger partial charge < -0.3 is 4.74 Å². The van der Waals surface area contributed by atoms with Crippen LogP contribution in [0.5, 0.6) is 0 Å². The van der Waals surface area contributed by atoms with Crippen molar-refractivity contribution in [2.75, 3.05) is 0 Å². The molecule has 0 fully saturated rings. The molecular weight excluding hydrogens is 330 g/mol. The number of cyclic esters (lactones) is 1. The lowest BCUT2D eigenvalue weighted by Crippen LogP contribution is -2.05. The fourth-order valence-corrected chi connectivity index (χ4v) is 2.21. The molecule has 0 saturated carbocycles. The number of esters is 1. The molecule has 3 nitrogen and oxygen atoms in total. The van der Waals surface area contributed by atoms with Crippen LogP contribution in [0.1, 0.15) is 16.7 Å². The van der Waals surface area contributed by atoms with Crippen molar-refractivity contribution in [2.45, 2.75) is 6.92 Å². The third-order valence-electron chi connectivity index (χ3n) is 3.09. The minimum atomic E-state index is -0.423. The van der Waals surface area contributed by atoms with Gasteiger partial charge in [-0.05, 0) is 42.8 Å². The number of aryl methyl sites for hydroxylation is 1. The number of carbonyl (C=O) groups excluding carboxylic acids is 1. The maximum absolute atomic E-state index is 11.9. The zero-order valence-electron chi connectivity index (χ0n) is 11.3. The van der Waals surface area contributed by atoms with Crippen LogP contribution in [-0.2, 0) is 9.53 Å². The number of nitrogens with zero attached hydrogens (tertiary/aromatic N) is 1. The summed E-state index contributed by atoms with van der Waals surface area (Å²) in [6, 6.07) is 15.3. The number of ether oxygens (including phenoxy) is 1. The zero-order chi connectivity index (χ0) is 14.8. The van der Waals surface area contributed by atoms with Gasteiger partial charge in [0.05, 0.1) is 0 Å². The van der Waals surface area contributed by atoms with E-state index in [4.69, 9.17) is 4.74 Å². The highest BCUT2D eigenvalue weighted by Gasteiger charge is 2.23. The molecule has 3 rings (SSSR count). The maximum Gasteiger partial charge on any atom is 0.363 e. The van der Waals surface area contributed by atoms with E-state index in [0.29, 0.717) is 11.6 Å². The van der Waals surface area contributed by atoms with Crippen molar-refractivity contribution < 1.29 is 9.53 Å². The first-order valence-electron chi connectivity index (χ1n) is 6.47. The van der Waals surface area contributed by atoms with Crippen LogP contribution in [0.3, 0.4) is 0 Å². The Morgan fingerprint density at radius 1 is 1.05 bits per heavy atom. The Morgan fingerprint density at radius 3 is 2.38 bits per heavy atom. The lowest BCUT2D eigenvalue weighted by atomic mass is 10.1. The van der Waals surface area contributed by atoms with Crippen molar-refractivity contribution in [3.05, 3.63) is 75.4 Å². The summed E-state index contributed by atoms with van der Waals surface area (Å²) in [5.74, 6) is -0.0839. The summed E-state index contributed by atoms with van der Waals surface area (Å²) in [7, 11) is 0. The van der Waals surface area contributed by atoms with E-state index in [1.807, 2.05) is 55.5 Å². The first-order valence-corrected chi connectivity index (χ1v) is 7.26. The second-order valence-corrected chi connectivity index (χ2v) is 5.67. The van der Waals surface area contributed by atoms with E-state index in [0.717, 1.165) is 15.6 Å². The average Bonchev–Trinajstić information content (AvgIpc) is 2.83. The average molecular weight is 342 g/mol. The molecule has 2 aromatic carbocycles. The molecule has 21 heavy (non-hydrogen) atoms. The Morgan fingerprint density at radius 2 is 1.71 bits per heavy atom. The van der Waals surface area contributed by atoms with E-state index >= 15 is 0 Å². The van der Waals surface area contributed by atoms with Crippen LogP contribution in [0.4, 0.5) is 0 Å². The number of halogens is 1. The first kappa shape index (κ1) is 13.8. The highest BCUT2D eigenvalue weighted by atomic mass is 79.9. The van der Waals surface area contributed by atoms with Gasteiger partial charge in [-0.1, -0.05) is 45.8 Å². The Balaban J connectivity index is 1.91. The van der Waals surface area contributed by atoms with Crippen LogP contribution >= 0.6 is 15.9 Å². The van der Waals surface area contributed by atoms with Gasteiger partial charge in [0.1, 0.15) is 0 Å². The standard InChI is InChI=1S/C17H12BrNO2/c1-11-2-4-12(5-3-11)10-15-17(20)21-16(19-15)13-6-8-14(18)9-7-13/h2-10H,1H3/b15-10-. The van der Waals surface area contributed by atoms with E-state index in [2.05, 4.69) is 20.9 Å². The van der Waals surface area contributed by atoms with Crippen LogP contribution in [0.15, 0.2) is 63.7 Å². The second-order valence-electron chi connectivity index (χ2n) is 4.75. The van der Waals surface area contributed by atoms with Gasteiger partial charge in [0.25, 0.3) is 0 Å². The maximum atomic E-state index is 11.9. The van der Waals surface area contributed by atoms with Gasteiger partial charge in [-0.2, -0.15) is 0 Å². The number of aliphatic imine (C=N–C) groups is 1. The third kappa shape index (κ3) is 3.11. The molecule has 1 heterocycles. The molecule has 104 valence electrons. The molecule has 0 atom stereocenters. The number of hydrogen-bond acceptors (Lipinski definition) is 3. The molecule has 0 bridgehead atoms. The van der Waals surface area contributed by atoms with E-state index in [-0.39, 0.29) is 0 Å². The van der Waals surface area contributed by atoms with Crippen molar-refractivity contribution in [2.24, 2.45) is 4.99 Å². The smallest absolute Gasteiger partial charge is 0.363 e. The molecule has 4 heteroatoms. The minimum Gasteiger partial charge on any atom is -0.402 e. The Hall–Kier alpha value is -2.20.